The molecule has 0 radical (unpaired) electrons. The van der Waals surface area contributed by atoms with Crippen molar-refractivity contribution in [1.29, 1.82) is 0 Å². The molecule has 0 amide bonds. The van der Waals surface area contributed by atoms with Gasteiger partial charge in [0.1, 0.15) is 5.75 Å². The zero-order valence-electron chi connectivity index (χ0n) is 10.7. The molecular weight excluding hydrogens is 278 g/mol. The Hall–Kier alpha value is -0.540. The summed E-state index contributed by atoms with van der Waals surface area (Å²) < 4.78 is 6.97. The minimum atomic E-state index is 0.441. The van der Waals surface area contributed by atoms with Crippen LogP contribution < -0.4 is 10.1 Å². The third-order valence-corrected chi connectivity index (χ3v) is 4.26. The third-order valence-electron chi connectivity index (χ3n) is 3.57. The molecule has 0 aromatic heterocycles. The molecule has 17 heavy (non-hydrogen) atoms. The summed E-state index contributed by atoms with van der Waals surface area (Å²) in [5.41, 5.74) is 2.77. The van der Waals surface area contributed by atoms with Gasteiger partial charge in [-0.2, -0.15) is 0 Å². The Kier molecular flexibility index (Phi) is 4.10. The summed E-state index contributed by atoms with van der Waals surface area (Å²) in [5.74, 6) is 1.63. The third kappa shape index (κ3) is 2.36. The van der Waals surface area contributed by atoms with Crippen LogP contribution in [0, 0.1) is 0 Å². The molecule has 0 spiro atoms. The molecule has 0 saturated heterocycles. The van der Waals surface area contributed by atoms with Gasteiger partial charge in [0.05, 0.1) is 6.61 Å². The molecule has 1 aliphatic rings. The van der Waals surface area contributed by atoms with Crippen molar-refractivity contribution in [1.82, 2.24) is 5.32 Å². The number of fused-ring (bicyclic) bond motifs is 1. The predicted molar refractivity (Wildman–Crippen MR) is 74.8 cm³/mol. The Labute approximate surface area is 112 Å². The molecule has 94 valence electrons. The van der Waals surface area contributed by atoms with E-state index in [0.717, 1.165) is 12.4 Å². The minimum Gasteiger partial charge on any atom is -0.494 e. The molecule has 0 aliphatic heterocycles. The zero-order chi connectivity index (χ0) is 12.4. The molecular formula is C14H20BrNO. The maximum Gasteiger partial charge on any atom is 0.123 e. The van der Waals surface area contributed by atoms with E-state index < -0.39 is 0 Å². The maximum absolute atomic E-state index is 5.77. The number of nitrogens with one attached hydrogen (secondary N) is 1. The van der Waals surface area contributed by atoms with E-state index >= 15 is 0 Å². The summed E-state index contributed by atoms with van der Waals surface area (Å²) >= 11 is 3.68. The predicted octanol–water partition coefficient (Wildman–Crippen LogP) is 4.01. The second-order valence-corrected chi connectivity index (χ2v) is 5.48. The van der Waals surface area contributed by atoms with Gasteiger partial charge in [0.2, 0.25) is 0 Å². The molecule has 1 aromatic rings. The van der Waals surface area contributed by atoms with E-state index in [0.29, 0.717) is 12.0 Å². The molecule has 2 nitrogen and oxygen atoms in total. The summed E-state index contributed by atoms with van der Waals surface area (Å²) in [6.07, 6.45) is 2.41. The van der Waals surface area contributed by atoms with Crippen LogP contribution >= 0.6 is 15.9 Å². The van der Waals surface area contributed by atoms with Crippen molar-refractivity contribution >= 4 is 15.9 Å². The summed E-state index contributed by atoms with van der Waals surface area (Å²) in [7, 11) is 2.03. The van der Waals surface area contributed by atoms with Crippen molar-refractivity contribution in [3.63, 3.8) is 0 Å². The van der Waals surface area contributed by atoms with Gasteiger partial charge in [-0.3, -0.25) is 0 Å². The van der Waals surface area contributed by atoms with Crippen molar-refractivity contribution in [2.75, 3.05) is 13.7 Å². The molecule has 2 unspecified atom stereocenters. The number of rotatable bonds is 3. The van der Waals surface area contributed by atoms with Crippen molar-refractivity contribution in [2.24, 2.45) is 0 Å². The van der Waals surface area contributed by atoms with Gasteiger partial charge in [0.25, 0.3) is 0 Å². The van der Waals surface area contributed by atoms with Crippen molar-refractivity contribution in [3.05, 3.63) is 27.7 Å². The van der Waals surface area contributed by atoms with Crippen molar-refractivity contribution in [3.8, 4) is 5.75 Å². The fourth-order valence-corrected chi connectivity index (χ4v) is 3.35. The topological polar surface area (TPSA) is 21.3 Å². The molecule has 0 fully saturated rings. The van der Waals surface area contributed by atoms with E-state index in [1.807, 2.05) is 14.0 Å². The van der Waals surface area contributed by atoms with E-state index in [9.17, 15) is 0 Å². The van der Waals surface area contributed by atoms with Gasteiger partial charge in [-0.15, -0.1) is 0 Å². The van der Waals surface area contributed by atoms with Gasteiger partial charge in [0, 0.05) is 16.1 Å². The Morgan fingerprint density at radius 1 is 1.35 bits per heavy atom. The number of halogens is 1. The van der Waals surface area contributed by atoms with Crippen LogP contribution in [-0.4, -0.2) is 13.7 Å². The van der Waals surface area contributed by atoms with Crippen LogP contribution in [0.5, 0.6) is 5.75 Å². The fraction of sp³-hybridized carbons (Fsp3) is 0.571. The first kappa shape index (κ1) is 12.9. The van der Waals surface area contributed by atoms with Gasteiger partial charge < -0.3 is 10.1 Å². The summed E-state index contributed by atoms with van der Waals surface area (Å²) in [6.45, 7) is 5.06. The van der Waals surface area contributed by atoms with Crippen molar-refractivity contribution in [2.45, 2.75) is 38.6 Å². The molecule has 0 heterocycles. The Balaban J connectivity index is 2.54. The molecule has 2 rings (SSSR count). The zero-order valence-corrected chi connectivity index (χ0v) is 12.3. The van der Waals surface area contributed by atoms with Gasteiger partial charge in [-0.1, -0.05) is 22.9 Å². The highest BCUT2D eigenvalue weighted by Crippen LogP contribution is 2.45. The van der Waals surface area contributed by atoms with Gasteiger partial charge in [-0.25, -0.2) is 0 Å². The average molecular weight is 298 g/mol. The molecule has 1 N–H and O–H groups in total. The van der Waals surface area contributed by atoms with Crippen LogP contribution in [0.4, 0.5) is 0 Å². The quantitative estimate of drug-likeness (QED) is 0.910. The summed E-state index contributed by atoms with van der Waals surface area (Å²) in [4.78, 5) is 0. The number of ether oxygens (including phenoxy) is 1. The monoisotopic (exact) mass is 297 g/mol. The van der Waals surface area contributed by atoms with Gasteiger partial charge in [0.15, 0.2) is 0 Å². The van der Waals surface area contributed by atoms with Crippen LogP contribution in [0.1, 0.15) is 49.8 Å². The maximum atomic E-state index is 5.77. The van der Waals surface area contributed by atoms with E-state index in [2.05, 4.69) is 40.3 Å². The van der Waals surface area contributed by atoms with Crippen LogP contribution in [0.3, 0.4) is 0 Å². The second kappa shape index (κ2) is 5.40. The lowest BCUT2D eigenvalue weighted by molar-refractivity contribution is 0.327. The molecule has 3 heteroatoms. The van der Waals surface area contributed by atoms with Crippen LogP contribution in [0.15, 0.2) is 16.6 Å². The lowest BCUT2D eigenvalue weighted by atomic mass is 9.80. The number of hydrogen-bond donors (Lipinski definition) is 1. The van der Waals surface area contributed by atoms with Gasteiger partial charge >= 0.3 is 0 Å². The molecule has 1 aromatic carbocycles. The van der Waals surface area contributed by atoms with E-state index in [4.69, 9.17) is 4.74 Å². The standard InChI is InChI=1S/C14H20BrNO/c1-4-17-12-8-6-10(15)14-11(16-3)7-5-9(2)13(12)14/h6,8-9,11,16H,4-5,7H2,1-3H3. The lowest BCUT2D eigenvalue weighted by Gasteiger charge is -2.32. The Bertz CT molecular complexity index is 405. The summed E-state index contributed by atoms with van der Waals surface area (Å²) in [6, 6.07) is 4.63. The summed E-state index contributed by atoms with van der Waals surface area (Å²) in [5, 5.41) is 3.41. The minimum absolute atomic E-state index is 0.441. The lowest BCUT2D eigenvalue weighted by Crippen LogP contribution is -2.24. The van der Waals surface area contributed by atoms with Crippen LogP contribution in [-0.2, 0) is 0 Å². The average Bonchev–Trinajstić information content (AvgIpc) is 2.33. The van der Waals surface area contributed by atoms with Crippen molar-refractivity contribution < 1.29 is 4.74 Å². The Morgan fingerprint density at radius 3 is 2.76 bits per heavy atom. The number of benzene rings is 1. The van der Waals surface area contributed by atoms with E-state index in [1.165, 1.54) is 28.4 Å². The highest BCUT2D eigenvalue weighted by molar-refractivity contribution is 9.10. The first-order valence-electron chi connectivity index (χ1n) is 6.31. The van der Waals surface area contributed by atoms with Crippen LogP contribution in [0.2, 0.25) is 0 Å². The van der Waals surface area contributed by atoms with Gasteiger partial charge in [-0.05, 0) is 50.4 Å². The second-order valence-electron chi connectivity index (χ2n) is 4.63. The SMILES string of the molecule is CCOc1ccc(Br)c2c1C(C)CCC2NC. The highest BCUT2D eigenvalue weighted by Gasteiger charge is 2.28. The van der Waals surface area contributed by atoms with E-state index in [1.54, 1.807) is 0 Å². The highest BCUT2D eigenvalue weighted by atomic mass is 79.9. The first-order valence-corrected chi connectivity index (χ1v) is 7.10. The smallest absolute Gasteiger partial charge is 0.123 e. The molecule has 0 bridgehead atoms. The first-order chi connectivity index (χ1) is 8.19. The molecule has 2 atom stereocenters. The molecule has 0 saturated carbocycles. The number of hydrogen-bond acceptors (Lipinski definition) is 2. The van der Waals surface area contributed by atoms with E-state index in [-0.39, 0.29) is 0 Å². The Morgan fingerprint density at radius 2 is 2.12 bits per heavy atom. The largest absolute Gasteiger partial charge is 0.494 e. The fourth-order valence-electron chi connectivity index (χ4n) is 2.73. The molecule has 1 aliphatic carbocycles. The van der Waals surface area contributed by atoms with Crippen LogP contribution in [0.25, 0.3) is 0 Å². The normalized spacial score (nSPS) is 23.3.